The summed E-state index contributed by atoms with van der Waals surface area (Å²) in [4.78, 5) is 28.3. The van der Waals surface area contributed by atoms with E-state index in [0.29, 0.717) is 18.7 Å². The molecule has 38 heavy (non-hydrogen) atoms. The van der Waals surface area contributed by atoms with E-state index in [9.17, 15) is 18.0 Å². The Kier molecular flexibility index (Phi) is 10.4. The first-order valence-corrected chi connectivity index (χ1v) is 15.5. The molecule has 0 heterocycles. The normalized spacial score (nSPS) is 15.1. The van der Waals surface area contributed by atoms with Crippen LogP contribution in [-0.2, 0) is 26.2 Å². The number of sulfonamides is 1. The zero-order valence-corrected chi connectivity index (χ0v) is 24.3. The monoisotopic (exact) mass is 541 g/mol. The smallest absolute Gasteiger partial charge is 0.242 e. The summed E-state index contributed by atoms with van der Waals surface area (Å²) in [6.07, 6.45) is 7.06. The first kappa shape index (κ1) is 29.7. The van der Waals surface area contributed by atoms with Gasteiger partial charge in [0, 0.05) is 25.6 Å². The van der Waals surface area contributed by atoms with E-state index in [-0.39, 0.29) is 30.8 Å². The molecule has 1 saturated carbocycles. The van der Waals surface area contributed by atoms with E-state index < -0.39 is 16.1 Å². The van der Waals surface area contributed by atoms with Crippen LogP contribution < -0.4 is 9.62 Å². The topological polar surface area (TPSA) is 86.8 Å². The third kappa shape index (κ3) is 8.32. The van der Waals surface area contributed by atoms with Gasteiger partial charge in [0.05, 0.1) is 11.9 Å². The molecule has 0 spiro atoms. The van der Waals surface area contributed by atoms with Crippen LogP contribution in [0.15, 0.2) is 42.5 Å². The van der Waals surface area contributed by atoms with Crippen molar-refractivity contribution < 1.29 is 18.0 Å². The Balaban J connectivity index is 1.72. The lowest BCUT2D eigenvalue weighted by Gasteiger charge is -2.31. The van der Waals surface area contributed by atoms with Crippen LogP contribution in [0.5, 0.6) is 0 Å². The molecule has 1 N–H and O–H groups in total. The van der Waals surface area contributed by atoms with Gasteiger partial charge in [-0.25, -0.2) is 8.42 Å². The van der Waals surface area contributed by atoms with Crippen LogP contribution in [0.25, 0.3) is 0 Å². The number of nitrogens with one attached hydrogen (secondary N) is 1. The molecule has 2 aromatic rings. The number of benzene rings is 2. The van der Waals surface area contributed by atoms with E-state index in [1.54, 1.807) is 17.9 Å². The molecule has 3 rings (SSSR count). The number of carbonyl (C=O) groups excluding carboxylic acids is 2. The highest BCUT2D eigenvalue weighted by Crippen LogP contribution is 2.23. The number of aryl methyl sites for hydroxylation is 3. The second-order valence-electron chi connectivity index (χ2n) is 10.7. The summed E-state index contributed by atoms with van der Waals surface area (Å²) in [6.45, 7) is 8.24. The van der Waals surface area contributed by atoms with Gasteiger partial charge >= 0.3 is 0 Å². The molecule has 208 valence electrons. The second-order valence-corrected chi connectivity index (χ2v) is 12.6. The van der Waals surface area contributed by atoms with E-state index in [0.717, 1.165) is 47.9 Å². The van der Waals surface area contributed by atoms with Crippen LogP contribution >= 0.6 is 0 Å². The molecule has 0 aromatic heterocycles. The van der Waals surface area contributed by atoms with Gasteiger partial charge in [-0.3, -0.25) is 13.9 Å². The third-order valence-corrected chi connectivity index (χ3v) is 8.72. The molecule has 0 radical (unpaired) electrons. The largest absolute Gasteiger partial charge is 0.352 e. The maximum Gasteiger partial charge on any atom is 0.242 e. The average molecular weight is 542 g/mol. The van der Waals surface area contributed by atoms with Gasteiger partial charge in [-0.05, 0) is 75.8 Å². The summed E-state index contributed by atoms with van der Waals surface area (Å²) in [5.74, 6) is -0.296. The van der Waals surface area contributed by atoms with Crippen molar-refractivity contribution in [1.29, 1.82) is 0 Å². The Hall–Kier alpha value is -2.87. The number of carbonyl (C=O) groups is 2. The van der Waals surface area contributed by atoms with E-state index >= 15 is 0 Å². The van der Waals surface area contributed by atoms with Crippen LogP contribution in [0, 0.1) is 20.8 Å². The first-order chi connectivity index (χ1) is 18.0. The summed E-state index contributed by atoms with van der Waals surface area (Å²) in [5.41, 5.74) is 4.77. The van der Waals surface area contributed by atoms with E-state index in [2.05, 4.69) is 5.32 Å². The molecular formula is C30H43N3O4S. The van der Waals surface area contributed by atoms with Gasteiger partial charge in [0.1, 0.15) is 6.04 Å². The van der Waals surface area contributed by atoms with Crippen LogP contribution in [0.1, 0.15) is 74.1 Å². The van der Waals surface area contributed by atoms with Crippen molar-refractivity contribution in [3.8, 4) is 0 Å². The summed E-state index contributed by atoms with van der Waals surface area (Å²) in [6, 6.07) is 13.1. The van der Waals surface area contributed by atoms with Crippen molar-refractivity contribution >= 4 is 27.5 Å². The molecule has 0 saturated heterocycles. The molecule has 0 bridgehead atoms. The lowest BCUT2D eigenvalue weighted by molar-refractivity contribution is -0.141. The zero-order chi connectivity index (χ0) is 27.9. The van der Waals surface area contributed by atoms with E-state index in [4.69, 9.17) is 0 Å². The van der Waals surface area contributed by atoms with E-state index in [1.165, 1.54) is 17.0 Å². The molecule has 1 aliphatic carbocycles. The van der Waals surface area contributed by atoms with Crippen molar-refractivity contribution in [2.24, 2.45) is 0 Å². The predicted molar refractivity (Wildman–Crippen MR) is 154 cm³/mol. The molecule has 2 aromatic carbocycles. The van der Waals surface area contributed by atoms with Gasteiger partial charge in [0.2, 0.25) is 21.8 Å². The summed E-state index contributed by atoms with van der Waals surface area (Å²) in [7, 11) is -3.52. The maximum atomic E-state index is 13.5. The molecule has 1 aliphatic rings. The first-order valence-electron chi connectivity index (χ1n) is 13.7. The maximum absolute atomic E-state index is 13.5. The lowest BCUT2D eigenvalue weighted by Crippen LogP contribution is -2.50. The lowest BCUT2D eigenvalue weighted by atomic mass is 9.95. The number of hydrogen-bond acceptors (Lipinski definition) is 4. The molecule has 1 atom stereocenters. The fourth-order valence-electron chi connectivity index (χ4n) is 4.93. The van der Waals surface area contributed by atoms with Gasteiger partial charge in [-0.15, -0.1) is 0 Å². The Morgan fingerprint density at radius 3 is 2.24 bits per heavy atom. The molecule has 2 amide bonds. The highest BCUT2D eigenvalue weighted by molar-refractivity contribution is 7.92. The molecule has 0 aliphatic heterocycles. The van der Waals surface area contributed by atoms with Crippen molar-refractivity contribution in [2.45, 2.75) is 91.3 Å². The minimum atomic E-state index is -3.52. The number of amides is 2. The Morgan fingerprint density at radius 2 is 1.63 bits per heavy atom. The third-order valence-electron chi connectivity index (χ3n) is 7.52. The van der Waals surface area contributed by atoms with Gasteiger partial charge in [-0.1, -0.05) is 55.2 Å². The molecular weight excluding hydrogens is 498 g/mol. The molecule has 8 heteroatoms. The van der Waals surface area contributed by atoms with Gasteiger partial charge in [0.25, 0.3) is 0 Å². The SMILES string of the molecule is Cc1ccc(CN(C(=O)CCCN(c2ccc(C)c(C)c2)S(C)(=O)=O)[C@@H](C)C(=O)NC2CCCCC2)cc1. The Bertz CT molecular complexity index is 1200. The number of nitrogens with zero attached hydrogens (tertiary/aromatic N) is 2. The second kappa shape index (κ2) is 13.3. The van der Waals surface area contributed by atoms with E-state index in [1.807, 2.05) is 57.2 Å². The Morgan fingerprint density at radius 1 is 0.974 bits per heavy atom. The highest BCUT2D eigenvalue weighted by atomic mass is 32.2. The highest BCUT2D eigenvalue weighted by Gasteiger charge is 2.28. The van der Waals surface area contributed by atoms with Crippen molar-refractivity contribution in [3.05, 3.63) is 64.7 Å². The predicted octanol–water partition coefficient (Wildman–Crippen LogP) is 5.02. The van der Waals surface area contributed by atoms with Crippen LogP contribution in [-0.4, -0.2) is 50.0 Å². The van der Waals surface area contributed by atoms with Crippen LogP contribution in [0.4, 0.5) is 5.69 Å². The number of hydrogen-bond donors (Lipinski definition) is 1. The van der Waals surface area contributed by atoms with Crippen molar-refractivity contribution in [2.75, 3.05) is 17.1 Å². The molecule has 1 fully saturated rings. The average Bonchev–Trinajstić information content (AvgIpc) is 2.87. The Labute approximate surface area is 228 Å². The number of anilines is 1. The van der Waals surface area contributed by atoms with Crippen molar-refractivity contribution in [3.63, 3.8) is 0 Å². The zero-order valence-electron chi connectivity index (χ0n) is 23.5. The van der Waals surface area contributed by atoms with Crippen LogP contribution in [0.2, 0.25) is 0 Å². The number of rotatable bonds is 11. The summed E-state index contributed by atoms with van der Waals surface area (Å²) in [5, 5.41) is 3.15. The van der Waals surface area contributed by atoms with Gasteiger partial charge < -0.3 is 10.2 Å². The van der Waals surface area contributed by atoms with Gasteiger partial charge in [-0.2, -0.15) is 0 Å². The summed E-state index contributed by atoms with van der Waals surface area (Å²) < 4.78 is 26.5. The summed E-state index contributed by atoms with van der Waals surface area (Å²) >= 11 is 0. The minimum Gasteiger partial charge on any atom is -0.352 e. The van der Waals surface area contributed by atoms with Crippen molar-refractivity contribution in [1.82, 2.24) is 10.2 Å². The van der Waals surface area contributed by atoms with Gasteiger partial charge in [0.15, 0.2) is 0 Å². The quantitative estimate of drug-likeness (QED) is 0.433. The molecule has 0 unspecified atom stereocenters. The van der Waals surface area contributed by atoms with Crippen LogP contribution in [0.3, 0.4) is 0 Å². The fourth-order valence-corrected chi connectivity index (χ4v) is 5.88. The molecule has 7 nitrogen and oxygen atoms in total. The standard InChI is InChI=1S/C30H43N3O4S/c1-22-13-16-26(17-14-22)21-32(25(4)30(35)31-27-10-7-6-8-11-27)29(34)12-9-19-33(38(5,36)37)28-18-15-23(2)24(3)20-28/h13-18,20,25,27H,6-12,19,21H2,1-5H3,(H,31,35)/t25-/m0/s1. The minimum absolute atomic E-state index is 0.134. The fraction of sp³-hybridized carbons (Fsp3) is 0.533.